The third-order valence-corrected chi connectivity index (χ3v) is 6.82. The summed E-state index contributed by atoms with van der Waals surface area (Å²) < 4.78 is 26.9. The molecule has 0 aliphatic rings. The van der Waals surface area contributed by atoms with Gasteiger partial charge in [0.25, 0.3) is 0 Å². The summed E-state index contributed by atoms with van der Waals surface area (Å²) in [6.45, 7) is 10.6. The van der Waals surface area contributed by atoms with E-state index in [4.69, 9.17) is 0 Å². The van der Waals surface area contributed by atoms with E-state index in [1.54, 1.807) is 6.07 Å². The lowest BCUT2D eigenvalue weighted by molar-refractivity contribution is -0.0730. The van der Waals surface area contributed by atoms with Crippen LogP contribution in [0, 0.1) is 23.5 Å². The lowest BCUT2D eigenvalue weighted by Gasteiger charge is -2.43. The van der Waals surface area contributed by atoms with E-state index in [9.17, 15) is 13.9 Å². The summed E-state index contributed by atoms with van der Waals surface area (Å²) in [6, 6.07) is 12.0. The Labute approximate surface area is 187 Å². The van der Waals surface area contributed by atoms with Crippen LogP contribution in [0.4, 0.5) is 8.78 Å². The third-order valence-electron chi connectivity index (χ3n) is 6.82. The Morgan fingerprint density at radius 1 is 0.742 bits per heavy atom. The molecule has 1 N–H and O–H groups in total. The molecule has 0 radical (unpaired) electrons. The van der Waals surface area contributed by atoms with E-state index in [1.165, 1.54) is 38.2 Å². The second kappa shape index (κ2) is 11.8. The molecule has 0 amide bonds. The maximum absolute atomic E-state index is 13.6. The third kappa shape index (κ3) is 6.38. The number of hydrogen-bond donors (Lipinski definition) is 1. The minimum Gasteiger partial charge on any atom is -0.389 e. The summed E-state index contributed by atoms with van der Waals surface area (Å²) >= 11 is 0. The maximum Gasteiger partial charge on any atom is 0.159 e. The number of rotatable bonds is 12. The molecule has 0 fully saturated rings. The molecule has 0 saturated carbocycles. The Balaban J connectivity index is 2.26. The summed E-state index contributed by atoms with van der Waals surface area (Å²) in [4.78, 5) is 0. The Hall–Kier alpha value is -1.74. The molecule has 1 unspecified atom stereocenters. The van der Waals surface area contributed by atoms with Gasteiger partial charge in [0.2, 0.25) is 0 Å². The molecule has 1 atom stereocenters. The van der Waals surface area contributed by atoms with Gasteiger partial charge in [0.1, 0.15) is 0 Å². The quantitative estimate of drug-likeness (QED) is 0.335. The Bertz CT molecular complexity index is 787. The molecule has 2 aromatic carbocycles. The highest BCUT2D eigenvalue weighted by molar-refractivity contribution is 5.63. The van der Waals surface area contributed by atoms with Crippen molar-refractivity contribution in [3.63, 3.8) is 0 Å². The van der Waals surface area contributed by atoms with Gasteiger partial charge < -0.3 is 5.11 Å². The molecule has 0 heterocycles. The molecule has 31 heavy (non-hydrogen) atoms. The van der Waals surface area contributed by atoms with Crippen LogP contribution in [-0.2, 0) is 0 Å². The zero-order valence-electron chi connectivity index (χ0n) is 19.9. The first kappa shape index (κ1) is 25.5. The summed E-state index contributed by atoms with van der Waals surface area (Å²) in [5, 5.41) is 11.8. The standard InChI is InChI=1S/C28H40F2O/c1-6-7-8-9-10-11-12-25(28(31,20(2)3)21(4)5)23-15-13-22(14-16-23)24-17-18-26(29)27(30)19-24/h13-21,25,31H,6-12H2,1-5H3. The molecule has 0 bridgehead atoms. The van der Waals surface area contributed by atoms with E-state index < -0.39 is 17.2 Å². The number of halogens is 2. The van der Waals surface area contributed by atoms with Crippen LogP contribution < -0.4 is 0 Å². The summed E-state index contributed by atoms with van der Waals surface area (Å²) in [7, 11) is 0. The number of unbranched alkanes of at least 4 members (excludes halogenated alkanes) is 5. The van der Waals surface area contributed by atoms with Crippen molar-refractivity contribution in [1.29, 1.82) is 0 Å². The van der Waals surface area contributed by atoms with Gasteiger partial charge in [-0.15, -0.1) is 0 Å². The average molecular weight is 431 g/mol. The minimum absolute atomic E-state index is 0.0395. The van der Waals surface area contributed by atoms with Crippen molar-refractivity contribution in [3.05, 3.63) is 59.7 Å². The predicted molar refractivity (Wildman–Crippen MR) is 127 cm³/mol. The summed E-state index contributed by atoms with van der Waals surface area (Å²) in [6.07, 6.45) is 8.30. The van der Waals surface area contributed by atoms with Gasteiger partial charge in [-0.25, -0.2) is 8.78 Å². The Morgan fingerprint density at radius 3 is 1.84 bits per heavy atom. The van der Waals surface area contributed by atoms with Crippen molar-refractivity contribution in [1.82, 2.24) is 0 Å². The van der Waals surface area contributed by atoms with Crippen molar-refractivity contribution >= 4 is 0 Å². The topological polar surface area (TPSA) is 20.2 Å². The average Bonchev–Trinajstić information content (AvgIpc) is 2.74. The van der Waals surface area contributed by atoms with E-state index in [0.717, 1.165) is 30.0 Å². The molecule has 0 aromatic heterocycles. The lowest BCUT2D eigenvalue weighted by atomic mass is 9.67. The van der Waals surface area contributed by atoms with Crippen LogP contribution in [0.25, 0.3) is 11.1 Å². The second-order valence-corrected chi connectivity index (χ2v) is 9.56. The van der Waals surface area contributed by atoms with E-state index in [-0.39, 0.29) is 17.8 Å². The van der Waals surface area contributed by atoms with Crippen LogP contribution in [0.15, 0.2) is 42.5 Å². The zero-order valence-corrected chi connectivity index (χ0v) is 19.9. The smallest absolute Gasteiger partial charge is 0.159 e. The van der Waals surface area contributed by atoms with E-state index in [2.05, 4.69) is 34.6 Å². The Kier molecular flexibility index (Phi) is 9.68. The molecule has 2 aromatic rings. The van der Waals surface area contributed by atoms with E-state index >= 15 is 0 Å². The van der Waals surface area contributed by atoms with Crippen LogP contribution in [0.5, 0.6) is 0 Å². The summed E-state index contributed by atoms with van der Waals surface area (Å²) in [5.41, 5.74) is 1.82. The SMILES string of the molecule is CCCCCCCCC(c1ccc(-c2ccc(F)c(F)c2)cc1)C(O)(C(C)C)C(C)C. The fourth-order valence-corrected chi connectivity index (χ4v) is 4.85. The zero-order chi connectivity index (χ0) is 23.0. The Morgan fingerprint density at radius 2 is 1.29 bits per heavy atom. The highest BCUT2D eigenvalue weighted by Crippen LogP contribution is 2.43. The van der Waals surface area contributed by atoms with Crippen LogP contribution in [0.2, 0.25) is 0 Å². The van der Waals surface area contributed by atoms with Crippen LogP contribution in [0.1, 0.15) is 91.0 Å². The van der Waals surface area contributed by atoms with Gasteiger partial charge in [0.15, 0.2) is 11.6 Å². The fourth-order valence-electron chi connectivity index (χ4n) is 4.85. The molecule has 0 saturated heterocycles. The van der Waals surface area contributed by atoms with E-state index in [0.29, 0.717) is 5.56 Å². The number of hydrogen-bond acceptors (Lipinski definition) is 1. The minimum atomic E-state index is -0.837. The normalized spacial score (nSPS) is 13.2. The monoisotopic (exact) mass is 430 g/mol. The van der Waals surface area contributed by atoms with Crippen molar-refractivity contribution in [2.45, 2.75) is 91.1 Å². The first-order valence-corrected chi connectivity index (χ1v) is 12.0. The van der Waals surface area contributed by atoms with Gasteiger partial charge >= 0.3 is 0 Å². The molecule has 0 spiro atoms. The molecule has 172 valence electrons. The highest BCUT2D eigenvalue weighted by atomic mass is 19.2. The largest absolute Gasteiger partial charge is 0.389 e. The first-order chi connectivity index (χ1) is 14.7. The van der Waals surface area contributed by atoms with Gasteiger partial charge in [-0.3, -0.25) is 0 Å². The van der Waals surface area contributed by atoms with Crippen LogP contribution >= 0.6 is 0 Å². The predicted octanol–water partition coefficient (Wildman–Crippen LogP) is 8.51. The fraction of sp³-hybridized carbons (Fsp3) is 0.571. The molecular weight excluding hydrogens is 390 g/mol. The number of aliphatic hydroxyl groups is 1. The van der Waals surface area contributed by atoms with Gasteiger partial charge in [-0.2, -0.15) is 0 Å². The van der Waals surface area contributed by atoms with Crippen molar-refractivity contribution < 1.29 is 13.9 Å². The molecule has 2 rings (SSSR count). The molecule has 0 aliphatic carbocycles. The molecule has 0 aliphatic heterocycles. The summed E-state index contributed by atoms with van der Waals surface area (Å²) in [5.74, 6) is -1.38. The van der Waals surface area contributed by atoms with Crippen molar-refractivity contribution in [3.8, 4) is 11.1 Å². The van der Waals surface area contributed by atoms with Crippen LogP contribution in [-0.4, -0.2) is 10.7 Å². The van der Waals surface area contributed by atoms with Crippen molar-refractivity contribution in [2.75, 3.05) is 0 Å². The van der Waals surface area contributed by atoms with Crippen LogP contribution in [0.3, 0.4) is 0 Å². The molecule has 1 nitrogen and oxygen atoms in total. The van der Waals surface area contributed by atoms with Gasteiger partial charge in [0, 0.05) is 5.92 Å². The van der Waals surface area contributed by atoms with E-state index in [1.807, 2.05) is 24.3 Å². The first-order valence-electron chi connectivity index (χ1n) is 12.0. The van der Waals surface area contributed by atoms with Crippen molar-refractivity contribution in [2.24, 2.45) is 11.8 Å². The highest BCUT2D eigenvalue weighted by Gasteiger charge is 2.42. The van der Waals surface area contributed by atoms with Gasteiger partial charge in [-0.05, 0) is 47.1 Å². The lowest BCUT2D eigenvalue weighted by Crippen LogP contribution is -2.46. The maximum atomic E-state index is 13.6. The van der Waals surface area contributed by atoms with Gasteiger partial charge in [-0.1, -0.05) is 103 Å². The number of benzene rings is 2. The molecule has 3 heteroatoms. The second-order valence-electron chi connectivity index (χ2n) is 9.56. The molecular formula is C28H40F2O. The van der Waals surface area contributed by atoms with Gasteiger partial charge in [0.05, 0.1) is 5.60 Å².